The van der Waals surface area contributed by atoms with Gasteiger partial charge in [0.1, 0.15) is 6.04 Å². The van der Waals surface area contributed by atoms with Gasteiger partial charge in [-0.05, 0) is 74.5 Å². The van der Waals surface area contributed by atoms with Gasteiger partial charge < -0.3 is 9.30 Å². The maximum absolute atomic E-state index is 12.8. The maximum Gasteiger partial charge on any atom is 0.328 e. The van der Waals surface area contributed by atoms with Crippen LogP contribution in [0.5, 0.6) is 0 Å². The first-order valence-electron chi connectivity index (χ1n) is 9.71. The van der Waals surface area contributed by atoms with Crippen LogP contribution in [-0.2, 0) is 14.3 Å². The number of esters is 1. The van der Waals surface area contributed by atoms with Crippen LogP contribution in [0.3, 0.4) is 0 Å². The molecule has 1 aromatic carbocycles. The highest BCUT2D eigenvalue weighted by atomic mass is 32.2. The van der Waals surface area contributed by atoms with Gasteiger partial charge in [-0.1, -0.05) is 6.07 Å². The summed E-state index contributed by atoms with van der Waals surface area (Å²) in [6.07, 6.45) is 3.47. The SMILES string of the molecule is COC(=O)[C@@H](C)N1C(=O)S/C(=C/c2cc(C)n(-c3ccc4ncccc4c3)c2C)C1=O. The molecule has 3 aromatic rings. The van der Waals surface area contributed by atoms with Crippen LogP contribution in [-0.4, -0.2) is 44.7 Å². The zero-order valence-corrected chi connectivity index (χ0v) is 18.4. The third kappa shape index (κ3) is 3.63. The van der Waals surface area contributed by atoms with Crippen molar-refractivity contribution in [2.24, 2.45) is 0 Å². The van der Waals surface area contributed by atoms with Crippen molar-refractivity contribution in [3.63, 3.8) is 0 Å². The van der Waals surface area contributed by atoms with E-state index in [0.29, 0.717) is 0 Å². The summed E-state index contributed by atoms with van der Waals surface area (Å²) >= 11 is 0.828. The Morgan fingerprint density at radius 3 is 2.71 bits per heavy atom. The van der Waals surface area contributed by atoms with E-state index in [1.54, 1.807) is 12.3 Å². The summed E-state index contributed by atoms with van der Waals surface area (Å²) in [5.41, 5.74) is 4.67. The Kier molecular flexibility index (Phi) is 5.41. The number of fused-ring (bicyclic) bond motifs is 1. The lowest BCUT2D eigenvalue weighted by Gasteiger charge is -2.18. The Bertz CT molecular complexity index is 1260. The zero-order chi connectivity index (χ0) is 22.3. The minimum atomic E-state index is -0.970. The van der Waals surface area contributed by atoms with Gasteiger partial charge in [0, 0.05) is 28.7 Å². The van der Waals surface area contributed by atoms with Gasteiger partial charge in [0.15, 0.2) is 0 Å². The lowest BCUT2D eigenvalue weighted by Crippen LogP contribution is -2.42. The number of carbonyl (C=O) groups excluding carboxylic acids is 3. The highest BCUT2D eigenvalue weighted by molar-refractivity contribution is 8.18. The van der Waals surface area contributed by atoms with Crippen molar-refractivity contribution in [1.29, 1.82) is 0 Å². The number of imide groups is 1. The number of carbonyl (C=O) groups is 3. The predicted molar refractivity (Wildman–Crippen MR) is 120 cm³/mol. The molecule has 0 spiro atoms. The fourth-order valence-corrected chi connectivity index (χ4v) is 4.66. The lowest BCUT2D eigenvalue weighted by molar-refractivity contribution is -0.148. The third-order valence-corrected chi connectivity index (χ3v) is 6.24. The molecule has 1 saturated heterocycles. The summed E-state index contributed by atoms with van der Waals surface area (Å²) in [6.45, 7) is 5.43. The quantitative estimate of drug-likeness (QED) is 0.450. The predicted octanol–water partition coefficient (Wildman–Crippen LogP) is 4.24. The zero-order valence-electron chi connectivity index (χ0n) is 17.6. The molecule has 1 fully saturated rings. The van der Waals surface area contributed by atoms with Gasteiger partial charge in [-0.2, -0.15) is 0 Å². The Morgan fingerprint density at radius 2 is 1.97 bits per heavy atom. The number of ether oxygens (including phenoxy) is 1. The van der Waals surface area contributed by atoms with E-state index in [-0.39, 0.29) is 4.91 Å². The summed E-state index contributed by atoms with van der Waals surface area (Å²) in [7, 11) is 1.23. The van der Waals surface area contributed by atoms with Crippen molar-refractivity contribution in [2.45, 2.75) is 26.8 Å². The normalized spacial score (nSPS) is 16.4. The summed E-state index contributed by atoms with van der Waals surface area (Å²) in [5, 5.41) is 0.553. The minimum Gasteiger partial charge on any atom is -0.467 e. The fourth-order valence-electron chi connectivity index (χ4n) is 3.76. The minimum absolute atomic E-state index is 0.281. The largest absolute Gasteiger partial charge is 0.467 e. The molecule has 8 heteroatoms. The summed E-state index contributed by atoms with van der Waals surface area (Å²) in [5.74, 6) is -1.12. The van der Waals surface area contributed by atoms with Gasteiger partial charge in [-0.3, -0.25) is 19.5 Å². The summed E-state index contributed by atoms with van der Waals surface area (Å²) < 4.78 is 6.77. The number of aromatic nitrogens is 2. The fraction of sp³-hybridized carbons (Fsp3) is 0.217. The number of benzene rings is 1. The van der Waals surface area contributed by atoms with E-state index >= 15 is 0 Å². The number of nitrogens with zero attached hydrogens (tertiary/aromatic N) is 3. The van der Waals surface area contributed by atoms with Crippen LogP contribution in [0.25, 0.3) is 22.7 Å². The van der Waals surface area contributed by atoms with Crippen molar-refractivity contribution in [3.05, 3.63) is 64.5 Å². The molecule has 1 atom stereocenters. The van der Waals surface area contributed by atoms with Crippen molar-refractivity contribution in [2.75, 3.05) is 7.11 Å². The van der Waals surface area contributed by atoms with Gasteiger partial charge in [-0.15, -0.1) is 0 Å². The molecule has 0 unspecified atom stereocenters. The average Bonchev–Trinajstić information content (AvgIpc) is 3.20. The molecule has 0 N–H and O–H groups in total. The van der Waals surface area contributed by atoms with Crippen LogP contribution < -0.4 is 0 Å². The number of pyridine rings is 1. The Balaban J connectivity index is 1.70. The molecule has 2 amide bonds. The molecule has 1 aliphatic rings. The molecule has 31 heavy (non-hydrogen) atoms. The number of aryl methyl sites for hydroxylation is 1. The molecule has 7 nitrogen and oxygen atoms in total. The topological polar surface area (TPSA) is 81.5 Å². The molecule has 158 valence electrons. The molecule has 0 bridgehead atoms. The summed E-state index contributed by atoms with van der Waals surface area (Å²) in [4.78, 5) is 42.5. The standard InChI is InChI=1S/C23H21N3O4S/c1-13-10-17(12-20-21(27)26(23(29)31-20)15(3)22(28)30-4)14(2)25(13)18-7-8-19-16(11-18)6-5-9-24-19/h5-12,15H,1-4H3/b20-12+/t15-/m1/s1. The van der Waals surface area contributed by atoms with E-state index in [4.69, 9.17) is 0 Å². The molecule has 1 aliphatic heterocycles. The molecule has 0 saturated carbocycles. The molecular formula is C23H21N3O4S. The number of hydrogen-bond donors (Lipinski definition) is 0. The molecule has 0 radical (unpaired) electrons. The van der Waals surface area contributed by atoms with E-state index < -0.39 is 23.2 Å². The number of thioether (sulfide) groups is 1. The van der Waals surface area contributed by atoms with Crippen molar-refractivity contribution >= 4 is 45.9 Å². The molecule has 0 aliphatic carbocycles. The monoisotopic (exact) mass is 435 g/mol. The maximum atomic E-state index is 12.8. The van der Waals surface area contributed by atoms with E-state index in [9.17, 15) is 14.4 Å². The van der Waals surface area contributed by atoms with Crippen LogP contribution in [0.4, 0.5) is 4.79 Å². The molecular weight excluding hydrogens is 414 g/mol. The van der Waals surface area contributed by atoms with Gasteiger partial charge >= 0.3 is 5.97 Å². The second kappa shape index (κ2) is 8.03. The highest BCUT2D eigenvalue weighted by Gasteiger charge is 2.41. The van der Waals surface area contributed by atoms with Crippen LogP contribution in [0, 0.1) is 13.8 Å². The number of methoxy groups -OCH3 is 1. The number of hydrogen-bond acceptors (Lipinski definition) is 6. The molecule has 4 rings (SSSR count). The first-order valence-corrected chi connectivity index (χ1v) is 10.5. The lowest BCUT2D eigenvalue weighted by atomic mass is 10.2. The number of rotatable bonds is 4. The van der Waals surface area contributed by atoms with Crippen LogP contribution in [0.15, 0.2) is 47.5 Å². The van der Waals surface area contributed by atoms with Crippen LogP contribution in [0.1, 0.15) is 23.9 Å². The first kappa shape index (κ1) is 20.9. The van der Waals surface area contributed by atoms with Crippen LogP contribution in [0.2, 0.25) is 0 Å². The van der Waals surface area contributed by atoms with E-state index in [0.717, 1.165) is 50.2 Å². The Labute approximate surface area is 183 Å². The van der Waals surface area contributed by atoms with Crippen molar-refractivity contribution < 1.29 is 19.1 Å². The smallest absolute Gasteiger partial charge is 0.328 e. The highest BCUT2D eigenvalue weighted by Crippen LogP contribution is 2.35. The Morgan fingerprint density at radius 1 is 1.19 bits per heavy atom. The van der Waals surface area contributed by atoms with Gasteiger partial charge in [0.2, 0.25) is 0 Å². The van der Waals surface area contributed by atoms with Crippen molar-refractivity contribution in [3.8, 4) is 5.69 Å². The molecule has 2 aromatic heterocycles. The van der Waals surface area contributed by atoms with E-state index in [1.807, 2.05) is 44.2 Å². The average molecular weight is 436 g/mol. The second-order valence-corrected chi connectivity index (χ2v) is 8.29. The van der Waals surface area contributed by atoms with E-state index in [2.05, 4.69) is 20.4 Å². The number of amides is 2. The third-order valence-electron chi connectivity index (χ3n) is 5.35. The van der Waals surface area contributed by atoms with E-state index in [1.165, 1.54) is 14.0 Å². The second-order valence-electron chi connectivity index (χ2n) is 7.29. The Hall–Kier alpha value is -3.39. The van der Waals surface area contributed by atoms with Crippen molar-refractivity contribution in [1.82, 2.24) is 14.5 Å². The molecule has 3 heterocycles. The summed E-state index contributed by atoms with van der Waals surface area (Å²) in [6, 6.07) is 11.0. The van der Waals surface area contributed by atoms with Gasteiger partial charge in [-0.25, -0.2) is 4.79 Å². The first-order chi connectivity index (χ1) is 14.8. The van der Waals surface area contributed by atoms with Gasteiger partial charge in [0.05, 0.1) is 17.5 Å². The van der Waals surface area contributed by atoms with Gasteiger partial charge in [0.25, 0.3) is 11.1 Å². The van der Waals surface area contributed by atoms with Crippen LogP contribution >= 0.6 is 11.8 Å².